The molecule has 0 amide bonds. The molecule has 1 aliphatic heterocycles. The van der Waals surface area contributed by atoms with Gasteiger partial charge in [0.2, 0.25) is 0 Å². The molecule has 1 aromatic heterocycles. The fourth-order valence-electron chi connectivity index (χ4n) is 3.34. The molecule has 1 N–H and O–H groups in total. The minimum atomic E-state index is -2.91. The van der Waals surface area contributed by atoms with Gasteiger partial charge in [-0.05, 0) is 62.5 Å². The van der Waals surface area contributed by atoms with Crippen molar-refractivity contribution in [3.8, 4) is 0 Å². The zero-order valence-corrected chi connectivity index (χ0v) is 14.1. The third kappa shape index (κ3) is 3.52. The van der Waals surface area contributed by atoms with Gasteiger partial charge in [0.1, 0.15) is 9.84 Å². The van der Waals surface area contributed by atoms with E-state index in [0.29, 0.717) is 12.5 Å². The largest absolute Gasteiger partial charge is 0.361 e. The second-order valence-corrected chi connectivity index (χ2v) is 8.81. The molecule has 0 saturated carbocycles. The molecule has 0 unspecified atom stereocenters. The Morgan fingerprint density at radius 1 is 1.36 bits per heavy atom. The molecule has 4 nitrogen and oxygen atoms in total. The van der Waals surface area contributed by atoms with Crippen molar-refractivity contribution < 1.29 is 8.42 Å². The van der Waals surface area contributed by atoms with Crippen LogP contribution in [0.3, 0.4) is 0 Å². The molecule has 120 valence electrons. The Bertz CT molecular complexity index is 764. The highest BCUT2D eigenvalue weighted by Crippen LogP contribution is 2.25. The van der Waals surface area contributed by atoms with Crippen LogP contribution < -0.4 is 0 Å². The van der Waals surface area contributed by atoms with Crippen molar-refractivity contribution >= 4 is 20.7 Å². The van der Waals surface area contributed by atoms with Gasteiger partial charge >= 0.3 is 0 Å². The minimum Gasteiger partial charge on any atom is -0.361 e. The summed E-state index contributed by atoms with van der Waals surface area (Å²) in [6.45, 7) is 1.19. The van der Waals surface area contributed by atoms with Gasteiger partial charge in [-0.25, -0.2) is 8.42 Å². The van der Waals surface area contributed by atoms with Crippen molar-refractivity contribution in [2.45, 2.75) is 31.7 Å². The summed E-state index contributed by atoms with van der Waals surface area (Å²) in [5.41, 5.74) is 3.58. The summed E-state index contributed by atoms with van der Waals surface area (Å²) in [5, 5.41) is 1.24. The lowest BCUT2D eigenvalue weighted by atomic mass is 10.0. The first-order valence-corrected chi connectivity index (χ1v) is 9.95. The topological polar surface area (TPSA) is 53.2 Å². The van der Waals surface area contributed by atoms with Crippen molar-refractivity contribution in [3.05, 3.63) is 35.5 Å². The standard InChI is InChI=1S/C17H24N2O2S/c1-19-8-3-4-15(19)11-14-12-18-17-6-5-13(10-16(14)17)7-9-22(2,20)21/h5-6,10,12,15,18H,3-4,7-9,11H2,1-2H3/t15-/m1/s1. The molecule has 1 aromatic carbocycles. The van der Waals surface area contributed by atoms with Gasteiger partial charge in [0.15, 0.2) is 0 Å². The number of fused-ring (bicyclic) bond motifs is 1. The van der Waals surface area contributed by atoms with Crippen LogP contribution in [0.15, 0.2) is 24.4 Å². The molecule has 0 aliphatic carbocycles. The first kappa shape index (κ1) is 15.6. The van der Waals surface area contributed by atoms with Crippen LogP contribution in [0.5, 0.6) is 0 Å². The monoisotopic (exact) mass is 320 g/mol. The number of aromatic amines is 1. The average Bonchev–Trinajstić information content (AvgIpc) is 3.04. The molecule has 1 atom stereocenters. The Morgan fingerprint density at radius 3 is 2.86 bits per heavy atom. The summed E-state index contributed by atoms with van der Waals surface area (Å²) in [6.07, 6.45) is 7.59. The van der Waals surface area contributed by atoms with Gasteiger partial charge in [0.25, 0.3) is 0 Å². The van der Waals surface area contributed by atoms with Crippen molar-refractivity contribution in [3.63, 3.8) is 0 Å². The summed E-state index contributed by atoms with van der Waals surface area (Å²) in [7, 11) is -0.714. The van der Waals surface area contributed by atoms with Gasteiger partial charge in [-0.3, -0.25) is 0 Å². The summed E-state index contributed by atoms with van der Waals surface area (Å²) in [4.78, 5) is 5.78. The number of sulfone groups is 1. The summed E-state index contributed by atoms with van der Waals surface area (Å²) < 4.78 is 22.7. The SMILES string of the molecule is CN1CCC[C@@H]1Cc1c[nH]c2ccc(CCS(C)(=O)=O)cc12. The molecule has 0 spiro atoms. The van der Waals surface area contributed by atoms with Gasteiger partial charge < -0.3 is 9.88 Å². The van der Waals surface area contributed by atoms with Crippen molar-refractivity contribution in [1.82, 2.24) is 9.88 Å². The normalized spacial score (nSPS) is 20.0. The Hall–Kier alpha value is -1.33. The quantitative estimate of drug-likeness (QED) is 0.920. The molecule has 5 heteroatoms. The number of hydrogen-bond donors (Lipinski definition) is 1. The van der Waals surface area contributed by atoms with E-state index in [4.69, 9.17) is 0 Å². The van der Waals surface area contributed by atoms with E-state index in [1.807, 2.05) is 6.07 Å². The number of aryl methyl sites for hydroxylation is 1. The Labute approximate surface area is 132 Å². The lowest BCUT2D eigenvalue weighted by molar-refractivity contribution is 0.310. The third-order valence-electron chi connectivity index (χ3n) is 4.72. The van der Waals surface area contributed by atoms with Crippen LogP contribution in [-0.4, -0.2) is 49.9 Å². The predicted molar refractivity (Wildman–Crippen MR) is 91.1 cm³/mol. The van der Waals surface area contributed by atoms with Gasteiger partial charge in [-0.2, -0.15) is 0 Å². The van der Waals surface area contributed by atoms with Crippen molar-refractivity contribution in [2.75, 3.05) is 25.6 Å². The van der Waals surface area contributed by atoms with Crippen molar-refractivity contribution in [1.29, 1.82) is 0 Å². The number of likely N-dealkylation sites (N-methyl/N-ethyl adjacent to an activating group) is 1. The van der Waals surface area contributed by atoms with Crippen LogP contribution in [0.25, 0.3) is 10.9 Å². The zero-order valence-electron chi connectivity index (χ0n) is 13.3. The first-order chi connectivity index (χ1) is 10.4. The second-order valence-electron chi connectivity index (χ2n) is 6.55. The third-order valence-corrected chi connectivity index (χ3v) is 5.67. The fraction of sp³-hybridized carbons (Fsp3) is 0.529. The predicted octanol–water partition coefficient (Wildman–Crippen LogP) is 2.39. The Kier molecular flexibility index (Phi) is 4.28. The number of nitrogens with zero attached hydrogens (tertiary/aromatic N) is 1. The van der Waals surface area contributed by atoms with E-state index in [9.17, 15) is 8.42 Å². The van der Waals surface area contributed by atoms with E-state index >= 15 is 0 Å². The molecule has 1 aliphatic rings. The average molecular weight is 320 g/mol. The van der Waals surface area contributed by atoms with Gasteiger partial charge in [-0.1, -0.05) is 6.07 Å². The van der Waals surface area contributed by atoms with E-state index in [1.54, 1.807) is 0 Å². The highest BCUT2D eigenvalue weighted by Gasteiger charge is 2.22. The smallest absolute Gasteiger partial charge is 0.147 e. The van der Waals surface area contributed by atoms with Gasteiger partial charge in [0.05, 0.1) is 5.75 Å². The lowest BCUT2D eigenvalue weighted by Gasteiger charge is -2.18. The molecule has 1 saturated heterocycles. The minimum absolute atomic E-state index is 0.212. The molecule has 2 aromatic rings. The van der Waals surface area contributed by atoms with Crippen molar-refractivity contribution in [2.24, 2.45) is 0 Å². The maximum Gasteiger partial charge on any atom is 0.147 e. The summed E-state index contributed by atoms with van der Waals surface area (Å²) in [6, 6.07) is 6.87. The van der Waals surface area contributed by atoms with Crippen LogP contribution in [0.4, 0.5) is 0 Å². The molecule has 2 heterocycles. The number of H-pyrrole nitrogens is 1. The summed E-state index contributed by atoms with van der Waals surface area (Å²) in [5.74, 6) is 0.212. The molecular formula is C17H24N2O2S. The second kappa shape index (κ2) is 6.05. The molecule has 1 fully saturated rings. The molecule has 22 heavy (non-hydrogen) atoms. The zero-order chi connectivity index (χ0) is 15.7. The van der Waals surface area contributed by atoms with Crippen LogP contribution in [0.2, 0.25) is 0 Å². The van der Waals surface area contributed by atoms with E-state index in [0.717, 1.165) is 17.5 Å². The summed E-state index contributed by atoms with van der Waals surface area (Å²) >= 11 is 0. The number of hydrogen-bond acceptors (Lipinski definition) is 3. The number of nitrogens with one attached hydrogen (secondary N) is 1. The number of aromatic nitrogens is 1. The van der Waals surface area contributed by atoms with Gasteiger partial charge in [-0.15, -0.1) is 0 Å². The fourth-order valence-corrected chi connectivity index (χ4v) is 3.95. The number of likely N-dealkylation sites (tertiary alicyclic amines) is 1. The van der Waals surface area contributed by atoms with E-state index in [2.05, 4.69) is 35.3 Å². The van der Waals surface area contributed by atoms with Crippen LogP contribution >= 0.6 is 0 Å². The van der Waals surface area contributed by atoms with Gasteiger partial charge in [0, 0.05) is 29.4 Å². The van der Waals surface area contributed by atoms with E-state index in [1.165, 1.54) is 36.6 Å². The molecular weight excluding hydrogens is 296 g/mol. The molecule has 3 rings (SSSR count). The van der Waals surface area contributed by atoms with Crippen LogP contribution in [-0.2, 0) is 22.7 Å². The lowest BCUT2D eigenvalue weighted by Crippen LogP contribution is -2.26. The maximum absolute atomic E-state index is 11.3. The highest BCUT2D eigenvalue weighted by atomic mass is 32.2. The Morgan fingerprint density at radius 2 is 2.18 bits per heavy atom. The maximum atomic E-state index is 11.3. The highest BCUT2D eigenvalue weighted by molar-refractivity contribution is 7.90. The van der Waals surface area contributed by atoms with E-state index < -0.39 is 9.84 Å². The molecule has 0 radical (unpaired) electrons. The Balaban J connectivity index is 1.82. The van der Waals surface area contributed by atoms with Crippen LogP contribution in [0.1, 0.15) is 24.0 Å². The number of rotatable bonds is 5. The van der Waals surface area contributed by atoms with Crippen LogP contribution in [0, 0.1) is 0 Å². The molecule has 0 bridgehead atoms. The first-order valence-electron chi connectivity index (χ1n) is 7.89. The number of benzene rings is 1. The van der Waals surface area contributed by atoms with E-state index in [-0.39, 0.29) is 5.75 Å².